The second-order valence-electron chi connectivity index (χ2n) is 5.68. The van der Waals surface area contributed by atoms with Gasteiger partial charge in [-0.05, 0) is 37.5 Å². The van der Waals surface area contributed by atoms with Crippen LogP contribution in [-0.4, -0.2) is 18.0 Å². The average molecular weight is 220 g/mol. The highest BCUT2D eigenvalue weighted by molar-refractivity contribution is 5.06. The van der Waals surface area contributed by atoms with E-state index in [1.54, 1.807) is 6.92 Å². The third-order valence-corrected chi connectivity index (χ3v) is 4.64. The van der Waals surface area contributed by atoms with Gasteiger partial charge in [-0.1, -0.05) is 13.8 Å². The molecule has 0 saturated heterocycles. The van der Waals surface area contributed by atoms with Crippen molar-refractivity contribution in [3.05, 3.63) is 0 Å². The highest BCUT2D eigenvalue weighted by Crippen LogP contribution is 2.55. The lowest BCUT2D eigenvalue weighted by Gasteiger charge is -2.39. The minimum atomic E-state index is -1.61. The Bertz CT molecular complexity index is 249. The van der Waals surface area contributed by atoms with Crippen LogP contribution in [0.2, 0.25) is 0 Å². The number of halogens is 3. The number of hydrogen-bond donors (Lipinski definition) is 0. The van der Waals surface area contributed by atoms with Crippen molar-refractivity contribution < 1.29 is 13.2 Å². The van der Waals surface area contributed by atoms with Gasteiger partial charge in [0.25, 0.3) is 0 Å². The van der Waals surface area contributed by atoms with Gasteiger partial charge in [-0.3, -0.25) is 0 Å². The lowest BCUT2D eigenvalue weighted by atomic mass is 9.71. The Morgan fingerprint density at radius 2 is 1.67 bits per heavy atom. The molecule has 0 N–H and O–H groups in total. The summed E-state index contributed by atoms with van der Waals surface area (Å²) < 4.78 is 41.7. The van der Waals surface area contributed by atoms with Gasteiger partial charge in [-0.25, -0.2) is 13.2 Å². The lowest BCUT2D eigenvalue weighted by Crippen LogP contribution is -2.47. The van der Waals surface area contributed by atoms with Crippen LogP contribution in [0.1, 0.15) is 33.6 Å². The van der Waals surface area contributed by atoms with Crippen LogP contribution < -0.4 is 0 Å². The number of fused-ring (bicyclic) bond motifs is 1. The second-order valence-corrected chi connectivity index (χ2v) is 5.68. The van der Waals surface area contributed by atoms with Crippen molar-refractivity contribution in [3.63, 3.8) is 0 Å². The van der Waals surface area contributed by atoms with Crippen LogP contribution in [0.5, 0.6) is 0 Å². The predicted octanol–water partition coefficient (Wildman–Crippen LogP) is 3.70. The molecule has 0 heterocycles. The molecule has 3 heteroatoms. The Kier molecular flexibility index (Phi) is 2.55. The third kappa shape index (κ3) is 1.50. The fourth-order valence-corrected chi connectivity index (χ4v) is 3.55. The molecule has 7 unspecified atom stereocenters. The minimum Gasteiger partial charge on any atom is -0.244 e. The minimum absolute atomic E-state index is 0.0343. The Hall–Kier alpha value is -0.210. The second kappa shape index (κ2) is 3.39. The van der Waals surface area contributed by atoms with Crippen molar-refractivity contribution in [2.45, 2.75) is 51.6 Å². The zero-order valence-electron chi connectivity index (χ0n) is 9.51. The molecule has 0 aromatic rings. The molecular formula is C12H19F3. The van der Waals surface area contributed by atoms with E-state index in [1.807, 2.05) is 6.92 Å². The van der Waals surface area contributed by atoms with Crippen molar-refractivity contribution in [1.82, 2.24) is 0 Å². The van der Waals surface area contributed by atoms with Gasteiger partial charge in [-0.15, -0.1) is 0 Å². The van der Waals surface area contributed by atoms with E-state index in [0.29, 0.717) is 12.8 Å². The fraction of sp³-hybridized carbons (Fsp3) is 1.00. The van der Waals surface area contributed by atoms with Crippen LogP contribution >= 0.6 is 0 Å². The van der Waals surface area contributed by atoms with Gasteiger partial charge in [0.2, 0.25) is 0 Å². The maximum absolute atomic E-state index is 14.3. The fourth-order valence-electron chi connectivity index (χ4n) is 3.55. The van der Waals surface area contributed by atoms with Gasteiger partial charge in [0.15, 0.2) is 0 Å². The van der Waals surface area contributed by atoms with Gasteiger partial charge in [0, 0.05) is 5.92 Å². The number of alkyl halides is 3. The van der Waals surface area contributed by atoms with Crippen LogP contribution in [0.4, 0.5) is 13.2 Å². The summed E-state index contributed by atoms with van der Waals surface area (Å²) in [6.07, 6.45) is -1.75. The standard InChI is InChI=1S/C12H19F3/c1-6-4-8-5-7(2)12(3,15)9(8)11(14)10(6)13/h6-11H,4-5H2,1-3H3. The molecule has 0 aromatic heterocycles. The zero-order chi connectivity index (χ0) is 11.4. The molecule has 88 valence electrons. The van der Waals surface area contributed by atoms with E-state index in [9.17, 15) is 13.2 Å². The van der Waals surface area contributed by atoms with Crippen molar-refractivity contribution in [1.29, 1.82) is 0 Å². The number of rotatable bonds is 0. The summed E-state index contributed by atoms with van der Waals surface area (Å²) in [6.45, 7) is 4.98. The van der Waals surface area contributed by atoms with E-state index < -0.39 is 23.9 Å². The van der Waals surface area contributed by atoms with Crippen molar-refractivity contribution in [2.24, 2.45) is 23.7 Å². The summed E-state index contributed by atoms with van der Waals surface area (Å²) in [7, 11) is 0. The van der Waals surface area contributed by atoms with Crippen LogP contribution in [0, 0.1) is 23.7 Å². The predicted molar refractivity (Wildman–Crippen MR) is 53.8 cm³/mol. The summed E-state index contributed by atoms with van der Waals surface area (Å²) in [5.41, 5.74) is -1.53. The van der Waals surface area contributed by atoms with Crippen LogP contribution in [0.15, 0.2) is 0 Å². The van der Waals surface area contributed by atoms with E-state index in [1.165, 1.54) is 6.92 Å². The normalized spacial score (nSPS) is 60.4. The third-order valence-electron chi connectivity index (χ3n) is 4.64. The maximum Gasteiger partial charge on any atom is 0.138 e. The quantitative estimate of drug-likeness (QED) is 0.584. The first-order valence-corrected chi connectivity index (χ1v) is 5.82. The highest BCUT2D eigenvalue weighted by Gasteiger charge is 2.59. The Morgan fingerprint density at radius 1 is 1.07 bits per heavy atom. The van der Waals surface area contributed by atoms with E-state index in [4.69, 9.17) is 0 Å². The molecule has 2 rings (SSSR count). The molecule has 0 aromatic carbocycles. The first-order valence-electron chi connectivity index (χ1n) is 5.82. The van der Waals surface area contributed by atoms with Crippen molar-refractivity contribution in [3.8, 4) is 0 Å². The van der Waals surface area contributed by atoms with E-state index in [0.717, 1.165) is 0 Å². The van der Waals surface area contributed by atoms with Gasteiger partial charge < -0.3 is 0 Å². The van der Waals surface area contributed by atoms with Crippen LogP contribution in [0.25, 0.3) is 0 Å². The molecular weight excluding hydrogens is 201 g/mol. The summed E-state index contributed by atoms with van der Waals surface area (Å²) in [4.78, 5) is 0. The molecule has 0 amide bonds. The largest absolute Gasteiger partial charge is 0.244 e. The molecule has 0 bridgehead atoms. The molecule has 15 heavy (non-hydrogen) atoms. The molecule has 2 saturated carbocycles. The zero-order valence-corrected chi connectivity index (χ0v) is 9.51. The first-order chi connectivity index (χ1) is 6.85. The Balaban J connectivity index is 2.27. The monoisotopic (exact) mass is 220 g/mol. The smallest absolute Gasteiger partial charge is 0.138 e. The molecule has 2 fully saturated rings. The van der Waals surface area contributed by atoms with Gasteiger partial charge in [-0.2, -0.15) is 0 Å². The summed E-state index contributed by atoms with van der Waals surface area (Å²) in [5.74, 6) is -1.10. The molecule has 2 aliphatic carbocycles. The summed E-state index contributed by atoms with van der Waals surface area (Å²) in [6, 6.07) is 0. The first kappa shape index (κ1) is 11.3. The van der Waals surface area contributed by atoms with E-state index in [-0.39, 0.29) is 17.8 Å². The number of hydrogen-bond acceptors (Lipinski definition) is 0. The molecule has 0 aliphatic heterocycles. The topological polar surface area (TPSA) is 0 Å². The SMILES string of the molecule is CC1CC2CC(C)C(C)(F)C2C(F)C1F. The van der Waals surface area contributed by atoms with E-state index in [2.05, 4.69) is 0 Å². The Labute approximate surface area is 89.2 Å². The van der Waals surface area contributed by atoms with Crippen molar-refractivity contribution >= 4 is 0 Å². The van der Waals surface area contributed by atoms with E-state index >= 15 is 0 Å². The maximum atomic E-state index is 14.3. The molecule has 0 spiro atoms. The highest BCUT2D eigenvalue weighted by atomic mass is 19.2. The van der Waals surface area contributed by atoms with Crippen LogP contribution in [-0.2, 0) is 0 Å². The van der Waals surface area contributed by atoms with Gasteiger partial charge in [0.1, 0.15) is 18.0 Å². The Morgan fingerprint density at radius 3 is 2.27 bits per heavy atom. The molecule has 0 nitrogen and oxygen atoms in total. The van der Waals surface area contributed by atoms with Crippen molar-refractivity contribution in [2.75, 3.05) is 0 Å². The van der Waals surface area contributed by atoms with Crippen LogP contribution in [0.3, 0.4) is 0 Å². The molecule has 2 aliphatic rings. The molecule has 7 atom stereocenters. The van der Waals surface area contributed by atoms with Gasteiger partial charge in [0.05, 0.1) is 0 Å². The summed E-state index contributed by atoms with van der Waals surface area (Å²) >= 11 is 0. The molecule has 0 radical (unpaired) electrons. The summed E-state index contributed by atoms with van der Waals surface area (Å²) in [5, 5.41) is 0. The lowest BCUT2D eigenvalue weighted by molar-refractivity contribution is -0.0525. The average Bonchev–Trinajstić information content (AvgIpc) is 2.34. The van der Waals surface area contributed by atoms with Gasteiger partial charge >= 0.3 is 0 Å².